The first-order valence-electron chi connectivity index (χ1n) is 7.88. The van der Waals surface area contributed by atoms with Gasteiger partial charge in [0.15, 0.2) is 5.69 Å². The van der Waals surface area contributed by atoms with E-state index < -0.39 is 5.97 Å². The van der Waals surface area contributed by atoms with Gasteiger partial charge in [0.1, 0.15) is 16.6 Å². The molecule has 134 valence electrons. The third-order valence-corrected chi connectivity index (χ3v) is 4.60. The van der Waals surface area contributed by atoms with E-state index in [-0.39, 0.29) is 17.3 Å². The molecule has 1 heterocycles. The molecule has 0 bridgehead atoms. The van der Waals surface area contributed by atoms with Crippen molar-refractivity contribution in [1.29, 1.82) is 0 Å². The first-order valence-corrected chi connectivity index (χ1v) is 8.76. The fourth-order valence-corrected chi connectivity index (χ4v) is 3.35. The fourth-order valence-electron chi connectivity index (χ4n) is 2.54. The number of nitrogens with zero attached hydrogens (tertiary/aromatic N) is 2. The Hall–Kier alpha value is -2.64. The molecule has 7 heteroatoms. The van der Waals surface area contributed by atoms with Crippen molar-refractivity contribution in [2.45, 2.75) is 19.6 Å². The van der Waals surface area contributed by atoms with E-state index in [2.05, 4.69) is 4.98 Å². The van der Waals surface area contributed by atoms with E-state index >= 15 is 0 Å². The smallest absolute Gasteiger partial charge is 0.355 e. The van der Waals surface area contributed by atoms with Crippen LogP contribution >= 0.6 is 11.3 Å². The van der Waals surface area contributed by atoms with Gasteiger partial charge < -0.3 is 5.11 Å². The Morgan fingerprint density at radius 2 is 1.42 bits per heavy atom. The average molecular weight is 374 g/mol. The van der Waals surface area contributed by atoms with Gasteiger partial charge >= 0.3 is 5.97 Å². The van der Waals surface area contributed by atoms with Gasteiger partial charge in [0.05, 0.1) is 6.54 Å². The van der Waals surface area contributed by atoms with Gasteiger partial charge in [-0.3, -0.25) is 4.90 Å². The molecule has 3 aromatic rings. The third kappa shape index (κ3) is 4.93. The molecule has 0 saturated carbocycles. The number of aromatic nitrogens is 1. The third-order valence-electron chi connectivity index (χ3n) is 3.77. The Labute approximate surface area is 153 Å². The zero-order valence-corrected chi connectivity index (χ0v) is 14.5. The van der Waals surface area contributed by atoms with Crippen LogP contribution in [-0.2, 0) is 19.6 Å². The molecular formula is C19H16F2N2O2S. The first-order chi connectivity index (χ1) is 12.5. The predicted octanol–water partition coefficient (Wildman–Crippen LogP) is 4.32. The minimum Gasteiger partial charge on any atom is -0.476 e. The SMILES string of the molecule is O=C(O)c1csc(CN(Cc2ccc(F)cc2)Cc2ccc(F)cc2)n1. The monoisotopic (exact) mass is 374 g/mol. The van der Waals surface area contributed by atoms with Crippen molar-refractivity contribution in [2.75, 3.05) is 0 Å². The lowest BCUT2D eigenvalue weighted by molar-refractivity contribution is 0.0691. The summed E-state index contributed by atoms with van der Waals surface area (Å²) in [7, 11) is 0. The molecule has 4 nitrogen and oxygen atoms in total. The van der Waals surface area contributed by atoms with E-state index in [4.69, 9.17) is 5.11 Å². The zero-order chi connectivity index (χ0) is 18.5. The molecule has 0 atom stereocenters. The van der Waals surface area contributed by atoms with Crippen LogP contribution in [0.1, 0.15) is 26.6 Å². The summed E-state index contributed by atoms with van der Waals surface area (Å²) in [6.45, 7) is 1.49. The summed E-state index contributed by atoms with van der Waals surface area (Å²) < 4.78 is 26.2. The van der Waals surface area contributed by atoms with Crippen LogP contribution in [-0.4, -0.2) is 21.0 Å². The van der Waals surface area contributed by atoms with E-state index in [0.29, 0.717) is 24.6 Å². The number of carbonyl (C=O) groups is 1. The summed E-state index contributed by atoms with van der Waals surface area (Å²) in [5.74, 6) is -1.66. The van der Waals surface area contributed by atoms with Crippen molar-refractivity contribution in [2.24, 2.45) is 0 Å². The topological polar surface area (TPSA) is 53.4 Å². The summed E-state index contributed by atoms with van der Waals surface area (Å²) in [4.78, 5) is 17.2. The Bertz CT molecular complexity index is 832. The van der Waals surface area contributed by atoms with Crippen LogP contribution in [0.5, 0.6) is 0 Å². The number of thiazole rings is 1. The molecule has 26 heavy (non-hydrogen) atoms. The van der Waals surface area contributed by atoms with E-state index in [0.717, 1.165) is 11.1 Å². The standard InChI is InChI=1S/C19H16F2N2O2S/c20-15-5-1-13(2-6-15)9-23(10-14-3-7-16(21)8-4-14)11-18-22-17(12-26-18)19(24)25/h1-8,12H,9-11H2,(H,24,25). The fraction of sp³-hybridized carbons (Fsp3) is 0.158. The molecule has 0 aliphatic carbocycles. The van der Waals surface area contributed by atoms with E-state index in [1.807, 2.05) is 4.90 Å². The molecule has 0 amide bonds. The molecule has 2 aromatic carbocycles. The van der Waals surface area contributed by atoms with Gasteiger partial charge in [0.2, 0.25) is 0 Å². The molecule has 0 aliphatic rings. The molecule has 3 rings (SSSR count). The van der Waals surface area contributed by atoms with Crippen LogP contribution in [0.3, 0.4) is 0 Å². The highest BCUT2D eigenvalue weighted by atomic mass is 32.1. The number of rotatable bonds is 7. The minimum atomic E-state index is -1.06. The van der Waals surface area contributed by atoms with Gasteiger partial charge in [0.25, 0.3) is 0 Å². The maximum absolute atomic E-state index is 13.1. The molecule has 0 unspecified atom stereocenters. The predicted molar refractivity (Wildman–Crippen MR) is 94.8 cm³/mol. The summed E-state index contributed by atoms with van der Waals surface area (Å²) in [5, 5.41) is 11.2. The summed E-state index contributed by atoms with van der Waals surface area (Å²) in [6, 6.07) is 12.4. The van der Waals surface area contributed by atoms with Gasteiger partial charge in [-0.25, -0.2) is 18.6 Å². The molecule has 0 fully saturated rings. The highest BCUT2D eigenvalue weighted by Crippen LogP contribution is 2.18. The highest BCUT2D eigenvalue weighted by Gasteiger charge is 2.14. The molecule has 0 radical (unpaired) electrons. The quantitative estimate of drug-likeness (QED) is 0.669. The molecule has 0 aliphatic heterocycles. The van der Waals surface area contributed by atoms with Crippen molar-refractivity contribution in [3.05, 3.63) is 87.4 Å². The van der Waals surface area contributed by atoms with Crippen molar-refractivity contribution in [1.82, 2.24) is 9.88 Å². The Morgan fingerprint density at radius 3 is 1.85 bits per heavy atom. The van der Waals surface area contributed by atoms with Crippen LogP contribution in [0, 0.1) is 11.6 Å². The van der Waals surface area contributed by atoms with E-state index in [9.17, 15) is 13.6 Å². The van der Waals surface area contributed by atoms with Crippen LogP contribution in [0.4, 0.5) is 8.78 Å². The van der Waals surface area contributed by atoms with Crippen molar-refractivity contribution >= 4 is 17.3 Å². The van der Waals surface area contributed by atoms with Crippen molar-refractivity contribution in [3.8, 4) is 0 Å². The molecule has 0 saturated heterocycles. The van der Waals surface area contributed by atoms with Crippen molar-refractivity contribution < 1.29 is 18.7 Å². The summed E-state index contributed by atoms with van der Waals surface area (Å²) >= 11 is 1.28. The first kappa shape index (κ1) is 18.2. The average Bonchev–Trinajstić information content (AvgIpc) is 3.08. The van der Waals surface area contributed by atoms with Gasteiger partial charge in [-0.05, 0) is 35.4 Å². The van der Waals surface area contributed by atoms with E-state index in [1.165, 1.54) is 41.0 Å². The second-order valence-electron chi connectivity index (χ2n) is 5.83. The lowest BCUT2D eigenvalue weighted by Crippen LogP contribution is -2.22. The van der Waals surface area contributed by atoms with Gasteiger partial charge in [-0.1, -0.05) is 24.3 Å². The Balaban J connectivity index is 1.78. The lowest BCUT2D eigenvalue weighted by Gasteiger charge is -2.21. The summed E-state index contributed by atoms with van der Waals surface area (Å²) in [6.07, 6.45) is 0. The number of benzene rings is 2. The number of halogens is 2. The van der Waals surface area contributed by atoms with Gasteiger partial charge in [0, 0.05) is 18.5 Å². The Kier molecular flexibility index (Phi) is 5.70. The summed E-state index contributed by atoms with van der Waals surface area (Å²) in [5.41, 5.74) is 1.86. The van der Waals surface area contributed by atoms with Gasteiger partial charge in [-0.2, -0.15) is 0 Å². The molecular weight excluding hydrogens is 358 g/mol. The second kappa shape index (κ2) is 8.16. The maximum atomic E-state index is 13.1. The molecule has 1 aromatic heterocycles. The largest absolute Gasteiger partial charge is 0.476 e. The number of carboxylic acids is 1. The molecule has 1 N–H and O–H groups in total. The molecule has 0 spiro atoms. The van der Waals surface area contributed by atoms with Crippen LogP contribution in [0.15, 0.2) is 53.9 Å². The minimum absolute atomic E-state index is 0.0218. The van der Waals surface area contributed by atoms with Crippen LogP contribution < -0.4 is 0 Å². The number of carboxylic acid groups (broad SMARTS) is 1. The van der Waals surface area contributed by atoms with E-state index in [1.54, 1.807) is 24.3 Å². The Morgan fingerprint density at radius 1 is 0.923 bits per heavy atom. The lowest BCUT2D eigenvalue weighted by atomic mass is 10.1. The number of hydrogen-bond acceptors (Lipinski definition) is 4. The number of aromatic carboxylic acids is 1. The van der Waals surface area contributed by atoms with Crippen LogP contribution in [0.2, 0.25) is 0 Å². The van der Waals surface area contributed by atoms with Crippen LogP contribution in [0.25, 0.3) is 0 Å². The van der Waals surface area contributed by atoms with Crippen molar-refractivity contribution in [3.63, 3.8) is 0 Å². The number of hydrogen-bond donors (Lipinski definition) is 1. The second-order valence-corrected chi connectivity index (χ2v) is 6.77. The highest BCUT2D eigenvalue weighted by molar-refractivity contribution is 7.09. The zero-order valence-electron chi connectivity index (χ0n) is 13.7. The van der Waals surface area contributed by atoms with Gasteiger partial charge in [-0.15, -0.1) is 11.3 Å². The maximum Gasteiger partial charge on any atom is 0.355 e. The normalized spacial score (nSPS) is 11.0.